The van der Waals surface area contributed by atoms with Crippen molar-refractivity contribution in [3.63, 3.8) is 0 Å². The van der Waals surface area contributed by atoms with Crippen LogP contribution in [0.5, 0.6) is 11.5 Å². The first-order valence-electron chi connectivity index (χ1n) is 12.4. The number of para-hydroxylation sites is 1. The highest BCUT2D eigenvalue weighted by molar-refractivity contribution is 6.06. The number of nitrogens with zero attached hydrogens (tertiary/aromatic N) is 2. The zero-order chi connectivity index (χ0) is 27.7. The molecule has 8 heteroatoms. The molecule has 8 nitrogen and oxygen atoms in total. The molecule has 0 aliphatic carbocycles. The third kappa shape index (κ3) is 4.12. The Bertz CT molecular complexity index is 1510. The maximum absolute atomic E-state index is 14.4. The van der Waals surface area contributed by atoms with Crippen molar-refractivity contribution in [2.75, 3.05) is 19.1 Å². The van der Waals surface area contributed by atoms with Gasteiger partial charge in [-0.15, -0.1) is 0 Å². The fraction of sp³-hybridized carbons (Fsp3) is 0.226. The average molecular weight is 523 g/mol. The molecule has 0 radical (unpaired) electrons. The number of hydrogen-bond donors (Lipinski definition) is 0. The summed E-state index contributed by atoms with van der Waals surface area (Å²) in [6.45, 7) is 1.30. The Morgan fingerprint density at radius 2 is 1.59 bits per heavy atom. The number of carbonyl (C=O) groups is 3. The largest absolute Gasteiger partial charge is 0.497 e. The van der Waals surface area contributed by atoms with Gasteiger partial charge in [0, 0.05) is 24.1 Å². The van der Waals surface area contributed by atoms with Crippen LogP contribution in [0.4, 0.5) is 5.69 Å². The van der Waals surface area contributed by atoms with Crippen LogP contribution in [0.15, 0.2) is 78.9 Å². The Balaban J connectivity index is 1.74. The first-order chi connectivity index (χ1) is 18.8. The van der Waals surface area contributed by atoms with Crippen molar-refractivity contribution in [1.82, 2.24) is 0 Å². The molecule has 1 saturated heterocycles. The van der Waals surface area contributed by atoms with Gasteiger partial charge in [-0.05, 0) is 53.6 Å². The molecule has 196 valence electrons. The number of anilines is 1. The molecule has 1 fully saturated rings. The lowest BCUT2D eigenvalue weighted by Crippen LogP contribution is -2.46. The summed E-state index contributed by atoms with van der Waals surface area (Å²) in [7, 11) is 2.80. The van der Waals surface area contributed by atoms with Crippen molar-refractivity contribution in [2.45, 2.75) is 24.9 Å². The van der Waals surface area contributed by atoms with E-state index in [0.717, 1.165) is 11.3 Å². The van der Waals surface area contributed by atoms with E-state index >= 15 is 0 Å². The number of nitriles is 1. The van der Waals surface area contributed by atoms with E-state index in [1.165, 1.54) is 14.0 Å². The van der Waals surface area contributed by atoms with E-state index in [9.17, 15) is 19.6 Å². The van der Waals surface area contributed by atoms with Gasteiger partial charge in [-0.3, -0.25) is 14.4 Å². The van der Waals surface area contributed by atoms with Gasteiger partial charge in [0.25, 0.3) is 0 Å². The lowest BCUT2D eigenvalue weighted by molar-refractivity contribution is -0.150. The van der Waals surface area contributed by atoms with Crippen molar-refractivity contribution in [3.8, 4) is 17.6 Å². The number of esters is 2. The summed E-state index contributed by atoms with van der Waals surface area (Å²) < 4.78 is 15.7. The zero-order valence-electron chi connectivity index (χ0n) is 21.7. The monoisotopic (exact) mass is 522 g/mol. The van der Waals surface area contributed by atoms with Crippen LogP contribution in [-0.2, 0) is 14.3 Å². The molecular weight excluding hydrogens is 496 g/mol. The Kier molecular flexibility index (Phi) is 6.67. The van der Waals surface area contributed by atoms with Crippen LogP contribution in [0, 0.1) is 16.7 Å². The molecule has 0 N–H and O–H groups in total. The SMILES string of the molecule is COC(=O)[C@]1(C#N)[C@@H](c2ccc(OC)cc2)[C@H](C(=O)c2ccc(OC(C)=O)cc2)N2c3ccccc3C=C[C@@H]21. The molecule has 5 rings (SSSR count). The topological polar surface area (TPSA) is 106 Å². The normalized spacial score (nSPS) is 22.7. The lowest BCUT2D eigenvalue weighted by atomic mass is 9.68. The molecular formula is C31H26N2O6. The van der Waals surface area contributed by atoms with E-state index in [1.807, 2.05) is 35.2 Å². The van der Waals surface area contributed by atoms with Crippen molar-refractivity contribution in [1.29, 1.82) is 5.26 Å². The van der Waals surface area contributed by atoms with Crippen molar-refractivity contribution < 1.29 is 28.6 Å². The molecule has 3 aromatic carbocycles. The van der Waals surface area contributed by atoms with Gasteiger partial charge >= 0.3 is 11.9 Å². The maximum Gasteiger partial charge on any atom is 0.329 e. The second kappa shape index (κ2) is 10.1. The molecule has 2 aliphatic rings. The van der Waals surface area contributed by atoms with E-state index in [0.29, 0.717) is 22.6 Å². The van der Waals surface area contributed by atoms with Crippen LogP contribution >= 0.6 is 0 Å². The number of hydrogen-bond acceptors (Lipinski definition) is 8. The van der Waals surface area contributed by atoms with Gasteiger partial charge in [0.1, 0.15) is 17.5 Å². The molecule has 0 saturated carbocycles. The van der Waals surface area contributed by atoms with Crippen LogP contribution < -0.4 is 14.4 Å². The molecule has 0 bridgehead atoms. The van der Waals surface area contributed by atoms with E-state index in [2.05, 4.69) is 6.07 Å². The van der Waals surface area contributed by atoms with E-state index in [4.69, 9.17) is 14.2 Å². The Labute approximate surface area is 226 Å². The van der Waals surface area contributed by atoms with Crippen LogP contribution in [0.2, 0.25) is 0 Å². The number of rotatable bonds is 6. The third-order valence-corrected chi connectivity index (χ3v) is 7.40. The third-order valence-electron chi connectivity index (χ3n) is 7.40. The van der Waals surface area contributed by atoms with E-state index in [-0.39, 0.29) is 5.78 Å². The Morgan fingerprint density at radius 3 is 2.21 bits per heavy atom. The highest BCUT2D eigenvalue weighted by Crippen LogP contribution is 2.56. The average Bonchev–Trinajstić information content (AvgIpc) is 3.28. The fourth-order valence-electron chi connectivity index (χ4n) is 5.74. The molecule has 2 aliphatic heterocycles. The summed E-state index contributed by atoms with van der Waals surface area (Å²) in [4.78, 5) is 41.2. The predicted octanol–water partition coefficient (Wildman–Crippen LogP) is 4.55. The van der Waals surface area contributed by atoms with Gasteiger partial charge in [0.05, 0.1) is 26.3 Å². The van der Waals surface area contributed by atoms with Crippen LogP contribution in [0.1, 0.15) is 34.3 Å². The van der Waals surface area contributed by atoms with Gasteiger partial charge in [0.15, 0.2) is 11.2 Å². The minimum atomic E-state index is -1.73. The second-order valence-electron chi connectivity index (χ2n) is 9.42. The molecule has 0 amide bonds. The van der Waals surface area contributed by atoms with E-state index < -0.39 is 35.4 Å². The molecule has 3 aromatic rings. The lowest BCUT2D eigenvalue weighted by Gasteiger charge is -2.36. The number of carbonyl (C=O) groups excluding carboxylic acids is 3. The minimum Gasteiger partial charge on any atom is -0.497 e. The molecule has 2 heterocycles. The Hall–Kier alpha value is -4.90. The predicted molar refractivity (Wildman–Crippen MR) is 143 cm³/mol. The highest BCUT2D eigenvalue weighted by atomic mass is 16.5. The summed E-state index contributed by atoms with van der Waals surface area (Å²) in [5, 5.41) is 10.7. The summed E-state index contributed by atoms with van der Waals surface area (Å²) in [6.07, 6.45) is 3.67. The summed E-state index contributed by atoms with van der Waals surface area (Å²) in [6, 6.07) is 21.4. The molecule has 39 heavy (non-hydrogen) atoms. The Morgan fingerprint density at radius 1 is 0.923 bits per heavy atom. The number of methoxy groups -OCH3 is 2. The number of ether oxygens (including phenoxy) is 3. The smallest absolute Gasteiger partial charge is 0.329 e. The van der Waals surface area contributed by atoms with Gasteiger partial charge < -0.3 is 19.1 Å². The summed E-state index contributed by atoms with van der Waals surface area (Å²) >= 11 is 0. The van der Waals surface area contributed by atoms with Crippen molar-refractivity contribution >= 4 is 29.5 Å². The maximum atomic E-state index is 14.4. The van der Waals surface area contributed by atoms with Crippen LogP contribution in [0.25, 0.3) is 6.08 Å². The molecule has 0 unspecified atom stereocenters. The number of Topliss-reactive ketones (excluding diaryl/α,β-unsaturated/α-hetero) is 1. The minimum absolute atomic E-state index is 0.290. The van der Waals surface area contributed by atoms with Crippen LogP contribution in [0.3, 0.4) is 0 Å². The first kappa shape index (κ1) is 25.7. The van der Waals surface area contributed by atoms with Crippen LogP contribution in [-0.4, -0.2) is 44.0 Å². The number of benzene rings is 3. The van der Waals surface area contributed by atoms with Gasteiger partial charge in [-0.2, -0.15) is 5.26 Å². The quantitative estimate of drug-likeness (QED) is 0.264. The van der Waals surface area contributed by atoms with E-state index in [1.54, 1.807) is 61.7 Å². The fourth-order valence-corrected chi connectivity index (χ4v) is 5.74. The number of ketones is 1. The van der Waals surface area contributed by atoms with Gasteiger partial charge in [-0.1, -0.05) is 42.5 Å². The van der Waals surface area contributed by atoms with Gasteiger partial charge in [-0.25, -0.2) is 0 Å². The van der Waals surface area contributed by atoms with Crippen molar-refractivity contribution in [2.24, 2.45) is 5.41 Å². The summed E-state index contributed by atoms with van der Waals surface area (Å²) in [5.41, 5.74) is 0.839. The molecule has 0 aromatic heterocycles. The molecule has 4 atom stereocenters. The number of fused-ring (bicyclic) bond motifs is 3. The standard InChI is InChI=1S/C31H26N2O6/c1-19(34)39-24-15-10-22(11-16-24)29(35)28-27(21-8-13-23(37-2)14-9-21)31(18-32,30(36)38-3)26-17-12-20-6-4-5-7-25(20)33(26)28/h4-17,26-28H,1-3H3/t26-,27+,28-,31+/m1/s1. The highest BCUT2D eigenvalue weighted by Gasteiger charge is 2.67. The molecule has 0 spiro atoms. The second-order valence-corrected chi connectivity index (χ2v) is 9.42. The summed E-state index contributed by atoms with van der Waals surface area (Å²) in [5.74, 6) is -1.46. The first-order valence-corrected chi connectivity index (χ1v) is 12.4. The van der Waals surface area contributed by atoms with Crippen molar-refractivity contribution in [3.05, 3.63) is 95.6 Å². The zero-order valence-corrected chi connectivity index (χ0v) is 21.7. The van der Waals surface area contributed by atoms with Gasteiger partial charge in [0.2, 0.25) is 0 Å².